The fraction of sp³-hybridized carbons (Fsp3) is 0.641. The number of ketones is 1. The third-order valence-corrected chi connectivity index (χ3v) is 11.6. The van der Waals surface area contributed by atoms with Crippen molar-refractivity contribution in [3.8, 4) is 11.8 Å². The highest BCUT2D eigenvalue weighted by Gasteiger charge is 2.62. The van der Waals surface area contributed by atoms with Gasteiger partial charge < -0.3 is 15.1 Å². The number of carbonyl (C=O) groups is 2. The Morgan fingerprint density at radius 3 is 2.34 bits per heavy atom. The molecule has 0 saturated heterocycles. The summed E-state index contributed by atoms with van der Waals surface area (Å²) in [6.45, 7) is 5.19. The number of hydrogen-bond acceptors (Lipinski definition) is 4. The van der Waals surface area contributed by atoms with Crippen LogP contribution in [0, 0.1) is 29.1 Å². The van der Waals surface area contributed by atoms with Gasteiger partial charge in [0.05, 0.1) is 0 Å². The molecule has 0 bridgehead atoms. The quantitative estimate of drug-likeness (QED) is 0.176. The molecule has 5 nitrogen and oxygen atoms in total. The number of fused-ring (bicyclic) bond motifs is 4. The molecule has 5 atom stereocenters. The number of allylic oxidation sites excluding steroid dienone is 4. The van der Waals surface area contributed by atoms with Gasteiger partial charge in [0.15, 0.2) is 5.78 Å². The monoisotopic (exact) mass is 599 g/mol. The molecule has 2 fully saturated rings. The second-order valence-electron chi connectivity index (χ2n) is 14.3. The molecule has 1 aromatic carbocycles. The van der Waals surface area contributed by atoms with Crippen molar-refractivity contribution in [2.75, 3.05) is 18.5 Å². The molecule has 238 valence electrons. The normalized spacial score (nSPS) is 29.2. The molecule has 5 rings (SSSR count). The Balaban J connectivity index is 1.25. The van der Waals surface area contributed by atoms with Gasteiger partial charge in [-0.25, -0.2) is 0 Å². The predicted molar refractivity (Wildman–Crippen MR) is 178 cm³/mol. The van der Waals surface area contributed by atoms with Crippen LogP contribution < -0.4 is 4.90 Å². The van der Waals surface area contributed by atoms with Gasteiger partial charge in [-0.2, -0.15) is 0 Å². The first-order chi connectivity index (χ1) is 21.2. The van der Waals surface area contributed by atoms with Crippen LogP contribution >= 0.6 is 0 Å². The summed E-state index contributed by atoms with van der Waals surface area (Å²) in [5.74, 6) is 7.02. The van der Waals surface area contributed by atoms with E-state index in [1.165, 1.54) is 54.5 Å². The van der Waals surface area contributed by atoms with Gasteiger partial charge in [-0.15, -0.1) is 5.92 Å². The van der Waals surface area contributed by atoms with Crippen molar-refractivity contribution < 1.29 is 19.8 Å². The zero-order valence-corrected chi connectivity index (χ0v) is 27.3. The standard InChI is InChI=1S/C39H53NO4/c1-4-23-39(44)24-22-35-33-20-16-29-26-31(41)19-21-32(29)37(33)34(27-38(35,39)2)28-14-17-30(18-15-28)40(3)25-12-10-8-6-5-7-9-11-13-36(42)43/h14-15,17-18,26,33-35,44H,5-13,16,19-22,24-25,27H2,1-3H3,(H,42,43)/t33-,34+,35-,38-,39-/m0/s1. The molecular weight excluding hydrogens is 546 g/mol. The SMILES string of the molecule is CC#C[C@]1(O)CC[C@H]2[C@@H]3CCC4=CC(=O)CCC4=C3[C@@H](c3ccc(N(C)CCCCCCCCCCC(=O)O)cc3)C[C@@]21C. The molecular formula is C39H53NO4. The fourth-order valence-electron chi connectivity index (χ4n) is 9.15. The molecule has 4 aliphatic carbocycles. The summed E-state index contributed by atoms with van der Waals surface area (Å²) in [5.41, 5.74) is 5.66. The maximum atomic E-state index is 12.3. The second-order valence-corrected chi connectivity index (χ2v) is 14.3. The third-order valence-electron chi connectivity index (χ3n) is 11.6. The van der Waals surface area contributed by atoms with Gasteiger partial charge in [0, 0.05) is 43.5 Å². The van der Waals surface area contributed by atoms with Crippen LogP contribution in [0.1, 0.15) is 128 Å². The average Bonchev–Trinajstić information content (AvgIpc) is 3.27. The molecule has 44 heavy (non-hydrogen) atoms. The lowest BCUT2D eigenvalue weighted by molar-refractivity contribution is -0.137. The van der Waals surface area contributed by atoms with Crippen LogP contribution in [0.3, 0.4) is 0 Å². The molecule has 5 heteroatoms. The summed E-state index contributed by atoms with van der Waals surface area (Å²) in [6, 6.07) is 9.19. The minimum Gasteiger partial charge on any atom is -0.481 e. The first-order valence-electron chi connectivity index (χ1n) is 17.3. The Morgan fingerprint density at radius 1 is 0.977 bits per heavy atom. The van der Waals surface area contributed by atoms with Crippen molar-refractivity contribution in [2.45, 2.75) is 128 Å². The summed E-state index contributed by atoms with van der Waals surface area (Å²) in [5, 5.41) is 20.7. The number of nitrogens with zero attached hydrogens (tertiary/aromatic N) is 1. The van der Waals surface area contributed by atoms with Gasteiger partial charge in [0.1, 0.15) is 5.60 Å². The summed E-state index contributed by atoms with van der Waals surface area (Å²) in [7, 11) is 2.18. The molecule has 0 aliphatic heterocycles. The molecule has 4 aliphatic rings. The van der Waals surface area contributed by atoms with E-state index in [9.17, 15) is 14.7 Å². The van der Waals surface area contributed by atoms with Gasteiger partial charge in [0.2, 0.25) is 0 Å². The van der Waals surface area contributed by atoms with Crippen LogP contribution in [0.4, 0.5) is 5.69 Å². The van der Waals surface area contributed by atoms with Crippen LogP contribution in [0.25, 0.3) is 0 Å². The number of unbranched alkanes of at least 4 members (excludes halogenated alkanes) is 7. The molecule has 0 aromatic heterocycles. The van der Waals surface area contributed by atoms with Crippen molar-refractivity contribution in [3.63, 3.8) is 0 Å². The molecule has 0 amide bonds. The van der Waals surface area contributed by atoms with Crippen LogP contribution in [-0.4, -0.2) is 41.2 Å². The van der Waals surface area contributed by atoms with E-state index >= 15 is 0 Å². The number of carboxylic acid groups (broad SMARTS) is 1. The number of anilines is 1. The number of hydrogen-bond donors (Lipinski definition) is 2. The zero-order valence-electron chi connectivity index (χ0n) is 27.3. The van der Waals surface area contributed by atoms with E-state index in [0.717, 1.165) is 64.3 Å². The number of rotatable bonds is 13. The molecule has 0 unspecified atom stereocenters. The first kappa shape index (κ1) is 32.6. The fourth-order valence-corrected chi connectivity index (χ4v) is 9.15. The van der Waals surface area contributed by atoms with Crippen LogP contribution in [0.2, 0.25) is 0 Å². The number of benzene rings is 1. The summed E-state index contributed by atoms with van der Waals surface area (Å²) < 4.78 is 0. The molecule has 1 aromatic rings. The van der Waals surface area contributed by atoms with E-state index in [-0.39, 0.29) is 17.1 Å². The van der Waals surface area contributed by atoms with Crippen molar-refractivity contribution in [1.29, 1.82) is 0 Å². The average molecular weight is 600 g/mol. The van der Waals surface area contributed by atoms with Gasteiger partial charge >= 0.3 is 5.97 Å². The minimum atomic E-state index is -0.944. The van der Waals surface area contributed by atoms with E-state index in [1.807, 2.05) is 13.0 Å². The Labute approximate surface area is 265 Å². The number of carbonyl (C=O) groups excluding carboxylic acids is 1. The van der Waals surface area contributed by atoms with E-state index in [2.05, 4.69) is 55.0 Å². The van der Waals surface area contributed by atoms with Gasteiger partial charge in [0.25, 0.3) is 0 Å². The second kappa shape index (κ2) is 14.1. The Morgan fingerprint density at radius 2 is 1.66 bits per heavy atom. The largest absolute Gasteiger partial charge is 0.481 e. The maximum absolute atomic E-state index is 12.3. The van der Waals surface area contributed by atoms with Crippen molar-refractivity contribution in [1.82, 2.24) is 0 Å². The van der Waals surface area contributed by atoms with Crippen LogP contribution in [0.5, 0.6) is 0 Å². The summed E-state index contributed by atoms with van der Waals surface area (Å²) >= 11 is 0. The van der Waals surface area contributed by atoms with Crippen molar-refractivity contribution in [2.24, 2.45) is 17.3 Å². The first-order valence-corrected chi connectivity index (χ1v) is 17.3. The van der Waals surface area contributed by atoms with E-state index in [1.54, 1.807) is 5.57 Å². The zero-order chi connectivity index (χ0) is 31.3. The minimum absolute atomic E-state index is 0.236. The van der Waals surface area contributed by atoms with Gasteiger partial charge in [-0.05, 0) is 105 Å². The van der Waals surface area contributed by atoms with Crippen LogP contribution in [-0.2, 0) is 9.59 Å². The lowest BCUT2D eigenvalue weighted by atomic mass is 9.51. The smallest absolute Gasteiger partial charge is 0.303 e. The van der Waals surface area contributed by atoms with Gasteiger partial charge in [-0.1, -0.05) is 69.1 Å². The molecule has 0 heterocycles. The van der Waals surface area contributed by atoms with E-state index in [0.29, 0.717) is 24.7 Å². The Hall–Kier alpha value is -2.84. The summed E-state index contributed by atoms with van der Waals surface area (Å²) in [4.78, 5) is 25.3. The molecule has 0 radical (unpaired) electrons. The lowest BCUT2D eigenvalue weighted by Crippen LogP contribution is -2.51. The van der Waals surface area contributed by atoms with Gasteiger partial charge in [-0.3, -0.25) is 9.59 Å². The highest BCUT2D eigenvalue weighted by atomic mass is 16.4. The van der Waals surface area contributed by atoms with E-state index in [4.69, 9.17) is 5.11 Å². The topological polar surface area (TPSA) is 77.8 Å². The van der Waals surface area contributed by atoms with E-state index < -0.39 is 11.6 Å². The number of carboxylic acids is 1. The third kappa shape index (κ3) is 6.71. The number of aliphatic hydroxyl groups is 1. The molecule has 2 N–H and O–H groups in total. The summed E-state index contributed by atoms with van der Waals surface area (Å²) in [6.07, 6.45) is 17.4. The van der Waals surface area contributed by atoms with Crippen molar-refractivity contribution in [3.05, 3.63) is 52.6 Å². The molecule has 0 spiro atoms. The maximum Gasteiger partial charge on any atom is 0.303 e. The van der Waals surface area contributed by atoms with Crippen molar-refractivity contribution >= 4 is 17.4 Å². The Kier molecular flexibility index (Phi) is 10.4. The van der Waals surface area contributed by atoms with Crippen LogP contribution in [0.15, 0.2) is 47.1 Å². The lowest BCUT2D eigenvalue weighted by Gasteiger charge is -2.53. The molecule has 2 saturated carbocycles. The Bertz CT molecular complexity index is 1330. The highest BCUT2D eigenvalue weighted by molar-refractivity contribution is 5.93. The highest BCUT2D eigenvalue weighted by Crippen LogP contribution is 2.66. The number of aliphatic carboxylic acids is 1. The predicted octanol–water partition coefficient (Wildman–Crippen LogP) is 8.37.